The summed E-state index contributed by atoms with van der Waals surface area (Å²) < 4.78 is 11.0. The van der Waals surface area contributed by atoms with Gasteiger partial charge in [0, 0.05) is 31.4 Å². The molecule has 1 aromatic rings. The summed E-state index contributed by atoms with van der Waals surface area (Å²) >= 11 is 0. The van der Waals surface area contributed by atoms with E-state index in [1.54, 1.807) is 4.90 Å². The topological polar surface area (TPSA) is 80.8 Å². The van der Waals surface area contributed by atoms with Crippen LogP contribution in [0.2, 0.25) is 0 Å². The van der Waals surface area contributed by atoms with Crippen LogP contribution >= 0.6 is 0 Å². The minimum atomic E-state index is -0.678. The van der Waals surface area contributed by atoms with Crippen LogP contribution in [0.4, 0.5) is 4.79 Å². The molecule has 0 unspecified atom stereocenters. The monoisotopic (exact) mass is 445 g/mol. The molecule has 7 nitrogen and oxygen atoms in total. The van der Waals surface area contributed by atoms with Gasteiger partial charge in [-0.25, -0.2) is 4.79 Å². The van der Waals surface area contributed by atoms with Crippen molar-refractivity contribution in [3.05, 3.63) is 29.1 Å². The lowest BCUT2D eigenvalue weighted by atomic mass is 9.72. The number of carbonyl (C=O) groups excluding carboxylic acids is 2. The van der Waals surface area contributed by atoms with Gasteiger partial charge in [-0.2, -0.15) is 0 Å². The van der Waals surface area contributed by atoms with E-state index < -0.39 is 11.0 Å². The van der Waals surface area contributed by atoms with Crippen molar-refractivity contribution in [2.75, 3.05) is 19.7 Å². The van der Waals surface area contributed by atoms with E-state index in [2.05, 4.69) is 17.4 Å². The Bertz CT molecular complexity index is 810. The second kappa shape index (κ2) is 10.2. The number of carbonyl (C=O) groups is 2. The average molecular weight is 446 g/mol. The van der Waals surface area contributed by atoms with Gasteiger partial charge in [-0.1, -0.05) is 6.07 Å². The molecule has 1 saturated heterocycles. The molecule has 1 aliphatic carbocycles. The number of hydrogen-bond acceptors (Lipinski definition) is 6. The molecule has 7 heteroatoms. The van der Waals surface area contributed by atoms with Crippen LogP contribution in [-0.2, 0) is 33.7 Å². The SMILES string of the molecule is CCOC(=O)C1([C@@H](C)NCc2ccc3c(n2)CCCC3)CCN(C(=O)OC(C)(C)C)CC1. The first kappa shape index (κ1) is 24.5. The maximum absolute atomic E-state index is 13.1. The zero-order valence-corrected chi connectivity index (χ0v) is 20.3. The molecule has 0 aromatic carbocycles. The fourth-order valence-corrected chi connectivity index (χ4v) is 4.68. The van der Waals surface area contributed by atoms with E-state index in [1.165, 1.54) is 24.1 Å². The standard InChI is InChI=1S/C25H39N3O4/c1-6-31-22(29)25(13-15-28(16-14-25)23(30)32-24(3,4)5)18(2)26-17-20-12-11-19-9-7-8-10-21(19)27-20/h11-12,18,26H,6-10,13-17H2,1-5H3/t18-/m1/s1. The third-order valence-corrected chi connectivity index (χ3v) is 6.64. The number of esters is 1. The van der Waals surface area contributed by atoms with Crippen LogP contribution in [0.5, 0.6) is 0 Å². The van der Waals surface area contributed by atoms with Gasteiger partial charge in [0.05, 0.1) is 17.7 Å². The fraction of sp³-hybridized carbons (Fsp3) is 0.720. The van der Waals surface area contributed by atoms with E-state index >= 15 is 0 Å². The van der Waals surface area contributed by atoms with Gasteiger partial charge in [-0.15, -0.1) is 0 Å². The van der Waals surface area contributed by atoms with Crippen molar-refractivity contribution in [2.45, 2.75) is 91.3 Å². The van der Waals surface area contributed by atoms with Gasteiger partial charge in [0.2, 0.25) is 0 Å². The predicted molar refractivity (Wildman–Crippen MR) is 123 cm³/mol. The maximum atomic E-state index is 13.1. The molecule has 0 bridgehead atoms. The number of hydrogen-bond donors (Lipinski definition) is 1. The summed E-state index contributed by atoms with van der Waals surface area (Å²) in [5.74, 6) is -0.192. The van der Waals surface area contributed by atoms with Gasteiger partial charge in [-0.3, -0.25) is 9.78 Å². The molecule has 1 N–H and O–H groups in total. The van der Waals surface area contributed by atoms with E-state index in [9.17, 15) is 9.59 Å². The van der Waals surface area contributed by atoms with Crippen molar-refractivity contribution in [1.29, 1.82) is 0 Å². The first-order valence-electron chi connectivity index (χ1n) is 12.0. The van der Waals surface area contributed by atoms with Gasteiger partial charge in [0.25, 0.3) is 0 Å². The molecule has 2 aliphatic rings. The van der Waals surface area contributed by atoms with Crippen LogP contribution in [-0.4, -0.2) is 53.3 Å². The van der Waals surface area contributed by atoms with Crippen molar-refractivity contribution >= 4 is 12.1 Å². The van der Waals surface area contributed by atoms with Crippen LogP contribution in [0.1, 0.15) is 77.3 Å². The Morgan fingerprint density at radius 1 is 1.19 bits per heavy atom. The zero-order chi connectivity index (χ0) is 23.4. The van der Waals surface area contributed by atoms with Gasteiger partial charge < -0.3 is 19.7 Å². The number of fused-ring (bicyclic) bond motifs is 1. The molecule has 178 valence electrons. The number of rotatable bonds is 6. The average Bonchev–Trinajstić information content (AvgIpc) is 2.76. The lowest BCUT2D eigenvalue weighted by Gasteiger charge is -2.43. The molecule has 1 aliphatic heterocycles. The van der Waals surface area contributed by atoms with Crippen molar-refractivity contribution < 1.29 is 19.1 Å². The molecule has 1 amide bonds. The Morgan fingerprint density at radius 3 is 2.53 bits per heavy atom. The van der Waals surface area contributed by atoms with Crippen LogP contribution in [0, 0.1) is 5.41 Å². The highest BCUT2D eigenvalue weighted by molar-refractivity contribution is 5.78. The van der Waals surface area contributed by atoms with Crippen molar-refractivity contribution in [3.8, 4) is 0 Å². The number of piperidine rings is 1. The summed E-state index contributed by atoms with van der Waals surface area (Å²) in [6.07, 6.45) is 5.36. The van der Waals surface area contributed by atoms with E-state index in [0.717, 1.165) is 18.5 Å². The summed E-state index contributed by atoms with van der Waals surface area (Å²) in [6, 6.07) is 4.18. The van der Waals surface area contributed by atoms with E-state index in [1.807, 2.05) is 34.6 Å². The quantitative estimate of drug-likeness (QED) is 0.666. The summed E-state index contributed by atoms with van der Waals surface area (Å²) in [7, 11) is 0. The number of aryl methyl sites for hydroxylation is 2. The number of amides is 1. The molecule has 32 heavy (non-hydrogen) atoms. The number of ether oxygens (including phenoxy) is 2. The van der Waals surface area contributed by atoms with Crippen LogP contribution in [0.25, 0.3) is 0 Å². The molecule has 3 rings (SSSR count). The molecule has 0 saturated carbocycles. The van der Waals surface area contributed by atoms with Gasteiger partial charge in [0.15, 0.2) is 0 Å². The van der Waals surface area contributed by atoms with Crippen LogP contribution in [0.15, 0.2) is 12.1 Å². The highest BCUT2D eigenvalue weighted by Crippen LogP contribution is 2.37. The number of aromatic nitrogens is 1. The minimum Gasteiger partial charge on any atom is -0.466 e. The lowest BCUT2D eigenvalue weighted by Crippen LogP contribution is -2.56. The minimum absolute atomic E-state index is 0.111. The summed E-state index contributed by atoms with van der Waals surface area (Å²) in [4.78, 5) is 32.1. The maximum Gasteiger partial charge on any atom is 0.410 e. The molecule has 0 spiro atoms. The zero-order valence-electron chi connectivity index (χ0n) is 20.3. The van der Waals surface area contributed by atoms with E-state index in [4.69, 9.17) is 14.5 Å². The Hall–Kier alpha value is -2.15. The smallest absolute Gasteiger partial charge is 0.410 e. The normalized spacial score (nSPS) is 19.1. The molecule has 1 atom stereocenters. The van der Waals surface area contributed by atoms with Crippen LogP contribution in [0.3, 0.4) is 0 Å². The van der Waals surface area contributed by atoms with Crippen molar-refractivity contribution in [1.82, 2.24) is 15.2 Å². The van der Waals surface area contributed by atoms with E-state index in [-0.39, 0.29) is 18.1 Å². The Morgan fingerprint density at radius 2 is 1.88 bits per heavy atom. The summed E-state index contributed by atoms with van der Waals surface area (Å²) in [6.45, 7) is 11.3. The van der Waals surface area contributed by atoms with E-state index in [0.29, 0.717) is 39.1 Å². The predicted octanol–water partition coefficient (Wildman–Crippen LogP) is 4.02. The second-order valence-electron chi connectivity index (χ2n) is 10.1. The van der Waals surface area contributed by atoms with Crippen molar-refractivity contribution in [3.63, 3.8) is 0 Å². The third-order valence-electron chi connectivity index (χ3n) is 6.64. The Labute approximate surface area is 192 Å². The van der Waals surface area contributed by atoms with Crippen molar-refractivity contribution in [2.24, 2.45) is 5.41 Å². The van der Waals surface area contributed by atoms with Gasteiger partial charge in [0.1, 0.15) is 5.60 Å². The Balaban J connectivity index is 1.66. The fourth-order valence-electron chi connectivity index (χ4n) is 4.68. The summed E-state index contributed by atoms with van der Waals surface area (Å²) in [5.41, 5.74) is 2.37. The third kappa shape index (κ3) is 5.80. The van der Waals surface area contributed by atoms with Crippen LogP contribution < -0.4 is 5.32 Å². The largest absolute Gasteiger partial charge is 0.466 e. The summed E-state index contributed by atoms with van der Waals surface area (Å²) in [5, 5.41) is 3.54. The molecule has 1 fully saturated rings. The number of likely N-dealkylation sites (tertiary alicyclic amines) is 1. The number of nitrogens with zero attached hydrogens (tertiary/aromatic N) is 2. The molecule has 2 heterocycles. The van der Waals surface area contributed by atoms with Gasteiger partial charge in [-0.05, 0) is 84.8 Å². The first-order valence-corrected chi connectivity index (χ1v) is 12.0. The Kier molecular flexibility index (Phi) is 7.80. The molecule has 1 aromatic heterocycles. The highest BCUT2D eigenvalue weighted by Gasteiger charge is 2.48. The number of nitrogens with one attached hydrogen (secondary N) is 1. The number of pyridine rings is 1. The lowest BCUT2D eigenvalue weighted by molar-refractivity contribution is -0.160. The molecular weight excluding hydrogens is 406 g/mol. The highest BCUT2D eigenvalue weighted by atomic mass is 16.6. The molecule has 0 radical (unpaired) electrons. The first-order chi connectivity index (χ1) is 15.1. The van der Waals surface area contributed by atoms with Gasteiger partial charge >= 0.3 is 12.1 Å². The second-order valence-corrected chi connectivity index (χ2v) is 10.1. The molecular formula is C25H39N3O4.